The van der Waals surface area contributed by atoms with Gasteiger partial charge in [-0.1, -0.05) is 0 Å². The molecule has 0 spiro atoms. The lowest BCUT2D eigenvalue weighted by molar-refractivity contribution is -0.161. The molecule has 106 valence electrons. The highest BCUT2D eigenvalue weighted by molar-refractivity contribution is 5.95. The molecule has 19 heavy (non-hydrogen) atoms. The average Bonchev–Trinajstić information content (AvgIpc) is 2.84. The van der Waals surface area contributed by atoms with E-state index in [1.54, 1.807) is 24.7 Å². The second-order valence-electron chi connectivity index (χ2n) is 3.97. The summed E-state index contributed by atoms with van der Waals surface area (Å²) in [6, 6.07) is 0. The predicted molar refractivity (Wildman–Crippen MR) is 68.4 cm³/mol. The van der Waals surface area contributed by atoms with E-state index in [1.807, 2.05) is 13.1 Å². The highest BCUT2D eigenvalue weighted by Crippen LogP contribution is 2.12. The monoisotopic (exact) mass is 268 g/mol. The first-order valence-electron chi connectivity index (χ1n) is 6.46. The van der Waals surface area contributed by atoms with Crippen LogP contribution in [0.25, 0.3) is 0 Å². The summed E-state index contributed by atoms with van der Waals surface area (Å²) in [5.41, 5.74) is 0.813. The molecule has 6 heteroatoms. The number of carbonyl (C=O) groups is 2. The van der Waals surface area contributed by atoms with Gasteiger partial charge in [-0.25, -0.2) is 0 Å². The molecule has 0 N–H and O–H groups in total. The zero-order valence-electron chi connectivity index (χ0n) is 11.6. The van der Waals surface area contributed by atoms with Crippen molar-refractivity contribution in [3.8, 4) is 0 Å². The Balaban J connectivity index is 2.78. The Hall–Kier alpha value is -1.85. The fourth-order valence-corrected chi connectivity index (χ4v) is 1.67. The summed E-state index contributed by atoms with van der Waals surface area (Å²) < 4.78 is 11.6. The van der Waals surface area contributed by atoms with Crippen LogP contribution in [0, 0.1) is 5.92 Å². The minimum atomic E-state index is -0.922. The van der Waals surface area contributed by atoms with Crippen LogP contribution in [0.4, 0.5) is 0 Å². The Bertz CT molecular complexity index is 410. The van der Waals surface area contributed by atoms with E-state index in [4.69, 9.17) is 9.47 Å². The first-order chi connectivity index (χ1) is 9.12. The number of aromatic nitrogens is 2. The number of aryl methyl sites for hydroxylation is 1. The number of esters is 2. The van der Waals surface area contributed by atoms with Gasteiger partial charge in [-0.05, 0) is 32.8 Å². The van der Waals surface area contributed by atoms with Gasteiger partial charge in [-0.15, -0.1) is 0 Å². The predicted octanol–water partition coefficient (Wildman–Crippen LogP) is 1.19. The van der Waals surface area contributed by atoms with Crippen LogP contribution in [-0.2, 0) is 32.0 Å². The molecule has 0 bridgehead atoms. The van der Waals surface area contributed by atoms with Crippen molar-refractivity contribution in [1.29, 1.82) is 0 Å². The van der Waals surface area contributed by atoms with Crippen molar-refractivity contribution in [2.75, 3.05) is 13.2 Å². The largest absolute Gasteiger partial charge is 0.465 e. The molecule has 0 unspecified atom stereocenters. The Morgan fingerprint density at radius 3 is 2.21 bits per heavy atom. The summed E-state index contributed by atoms with van der Waals surface area (Å²) in [6.07, 6.45) is 3.71. The van der Waals surface area contributed by atoms with E-state index in [-0.39, 0.29) is 19.6 Å². The summed E-state index contributed by atoms with van der Waals surface area (Å²) >= 11 is 0. The smallest absolute Gasteiger partial charge is 0.320 e. The standard InChI is InChI=1S/C13H20N2O4/c1-4-15-9-10(8-14-15)7-11(12(16)18-5-2)13(17)19-6-3/h8-9,11H,4-7H2,1-3H3. The summed E-state index contributed by atoms with van der Waals surface area (Å²) in [5.74, 6) is -2.02. The van der Waals surface area contributed by atoms with Gasteiger partial charge in [0.05, 0.1) is 19.4 Å². The van der Waals surface area contributed by atoms with Crippen LogP contribution in [0.2, 0.25) is 0 Å². The normalized spacial score (nSPS) is 10.5. The van der Waals surface area contributed by atoms with Crippen LogP contribution in [0.1, 0.15) is 26.3 Å². The van der Waals surface area contributed by atoms with E-state index < -0.39 is 17.9 Å². The van der Waals surface area contributed by atoms with Gasteiger partial charge in [0.1, 0.15) is 0 Å². The molecule has 1 rings (SSSR count). The van der Waals surface area contributed by atoms with Crippen LogP contribution < -0.4 is 0 Å². The minimum absolute atomic E-state index is 0.239. The van der Waals surface area contributed by atoms with Crippen molar-refractivity contribution in [3.05, 3.63) is 18.0 Å². The van der Waals surface area contributed by atoms with Crippen LogP contribution in [0.3, 0.4) is 0 Å². The van der Waals surface area contributed by atoms with Crippen molar-refractivity contribution < 1.29 is 19.1 Å². The molecule has 0 aromatic carbocycles. The third kappa shape index (κ3) is 4.39. The summed E-state index contributed by atoms with van der Waals surface area (Å²) in [4.78, 5) is 23.6. The van der Waals surface area contributed by atoms with Crippen molar-refractivity contribution in [2.24, 2.45) is 5.92 Å². The van der Waals surface area contributed by atoms with Crippen molar-refractivity contribution in [3.63, 3.8) is 0 Å². The summed E-state index contributed by atoms with van der Waals surface area (Å²) in [5, 5.41) is 4.11. The molecule has 6 nitrogen and oxygen atoms in total. The van der Waals surface area contributed by atoms with E-state index in [2.05, 4.69) is 5.10 Å². The highest BCUT2D eigenvalue weighted by Gasteiger charge is 2.30. The molecule has 0 amide bonds. The van der Waals surface area contributed by atoms with Gasteiger partial charge < -0.3 is 9.47 Å². The number of ether oxygens (including phenoxy) is 2. The molecule has 0 fully saturated rings. The molecule has 1 heterocycles. The van der Waals surface area contributed by atoms with Gasteiger partial charge in [0.15, 0.2) is 5.92 Å². The summed E-state index contributed by atoms with van der Waals surface area (Å²) in [7, 11) is 0. The Morgan fingerprint density at radius 1 is 1.21 bits per heavy atom. The lowest BCUT2D eigenvalue weighted by atomic mass is 10.0. The third-order valence-corrected chi connectivity index (χ3v) is 2.59. The molecule has 0 radical (unpaired) electrons. The zero-order chi connectivity index (χ0) is 14.3. The number of hydrogen-bond acceptors (Lipinski definition) is 5. The topological polar surface area (TPSA) is 70.4 Å². The molecule has 0 aliphatic carbocycles. The molecule has 1 aromatic rings. The van der Waals surface area contributed by atoms with Gasteiger partial charge in [0, 0.05) is 12.7 Å². The van der Waals surface area contributed by atoms with Crippen molar-refractivity contribution >= 4 is 11.9 Å². The molecule has 1 aromatic heterocycles. The lowest BCUT2D eigenvalue weighted by Crippen LogP contribution is -2.29. The van der Waals surface area contributed by atoms with E-state index >= 15 is 0 Å². The molecular weight excluding hydrogens is 248 g/mol. The van der Waals surface area contributed by atoms with Gasteiger partial charge in [0.25, 0.3) is 0 Å². The Labute approximate surface area is 112 Å². The quantitative estimate of drug-likeness (QED) is 0.548. The zero-order valence-corrected chi connectivity index (χ0v) is 11.6. The third-order valence-electron chi connectivity index (χ3n) is 2.59. The average molecular weight is 268 g/mol. The molecule has 0 saturated heterocycles. The molecular formula is C13H20N2O4. The number of hydrogen-bond donors (Lipinski definition) is 0. The fraction of sp³-hybridized carbons (Fsp3) is 0.615. The number of nitrogens with zero attached hydrogens (tertiary/aromatic N) is 2. The maximum Gasteiger partial charge on any atom is 0.320 e. The van der Waals surface area contributed by atoms with E-state index in [1.165, 1.54) is 0 Å². The molecule has 0 aliphatic heterocycles. The lowest BCUT2D eigenvalue weighted by Gasteiger charge is -2.13. The number of carbonyl (C=O) groups excluding carboxylic acids is 2. The van der Waals surface area contributed by atoms with Crippen LogP contribution in [-0.4, -0.2) is 34.9 Å². The van der Waals surface area contributed by atoms with Gasteiger partial charge in [-0.2, -0.15) is 5.10 Å². The Kier molecular flexibility index (Phi) is 6.05. The molecule has 0 saturated carbocycles. The van der Waals surface area contributed by atoms with Crippen LogP contribution in [0.5, 0.6) is 0 Å². The molecule has 0 atom stereocenters. The first kappa shape index (κ1) is 15.2. The summed E-state index contributed by atoms with van der Waals surface area (Å²) in [6.45, 7) is 6.59. The molecule has 0 aliphatic rings. The Morgan fingerprint density at radius 2 is 1.79 bits per heavy atom. The van der Waals surface area contributed by atoms with Crippen LogP contribution >= 0.6 is 0 Å². The maximum absolute atomic E-state index is 11.8. The SMILES string of the molecule is CCOC(=O)C(Cc1cnn(CC)c1)C(=O)OCC. The first-order valence-corrected chi connectivity index (χ1v) is 6.46. The van der Waals surface area contributed by atoms with Gasteiger partial charge >= 0.3 is 11.9 Å². The second-order valence-corrected chi connectivity index (χ2v) is 3.97. The van der Waals surface area contributed by atoms with Gasteiger partial charge in [-0.3, -0.25) is 14.3 Å². The minimum Gasteiger partial charge on any atom is -0.465 e. The van der Waals surface area contributed by atoms with Gasteiger partial charge in [0.2, 0.25) is 0 Å². The second kappa shape index (κ2) is 7.56. The maximum atomic E-state index is 11.8. The number of rotatable bonds is 7. The van der Waals surface area contributed by atoms with E-state index in [0.29, 0.717) is 0 Å². The fourth-order valence-electron chi connectivity index (χ4n) is 1.67. The van der Waals surface area contributed by atoms with Crippen molar-refractivity contribution in [2.45, 2.75) is 33.7 Å². The van der Waals surface area contributed by atoms with Crippen LogP contribution in [0.15, 0.2) is 12.4 Å². The van der Waals surface area contributed by atoms with E-state index in [0.717, 1.165) is 12.1 Å². The van der Waals surface area contributed by atoms with Crippen molar-refractivity contribution in [1.82, 2.24) is 9.78 Å². The van der Waals surface area contributed by atoms with E-state index in [9.17, 15) is 9.59 Å². The highest BCUT2D eigenvalue weighted by atomic mass is 16.6.